The maximum atomic E-state index is 11.5. The number of likely N-dealkylation sites (tertiary alicyclic amines) is 1. The van der Waals surface area contributed by atoms with Crippen molar-refractivity contribution in [2.24, 2.45) is 0 Å². The second kappa shape index (κ2) is 4.97. The Morgan fingerprint density at radius 3 is 2.67 bits per heavy atom. The van der Waals surface area contributed by atoms with E-state index in [0.717, 1.165) is 0 Å². The highest BCUT2D eigenvalue weighted by atomic mass is 16.6. The molecule has 1 aliphatic heterocycles. The highest BCUT2D eigenvalue weighted by molar-refractivity contribution is 5.79. The van der Waals surface area contributed by atoms with E-state index in [0.29, 0.717) is 30.2 Å². The first kappa shape index (κ1) is 13.2. The lowest BCUT2D eigenvalue weighted by Gasteiger charge is -2.06. The fraction of sp³-hybridized carbons (Fsp3) is 0.308. The van der Waals surface area contributed by atoms with Crippen LogP contribution in [0.3, 0.4) is 0 Å². The second-order valence-electron chi connectivity index (χ2n) is 4.94. The van der Waals surface area contributed by atoms with E-state index in [1.54, 1.807) is 24.1 Å². The monoisotopic (exact) mass is 288 g/mol. The molecule has 1 aromatic carbocycles. The highest BCUT2D eigenvalue weighted by Gasteiger charge is 2.31. The minimum atomic E-state index is -0.469. The lowest BCUT2D eigenvalue weighted by Crippen LogP contribution is -2.18. The molecule has 1 amide bonds. The van der Waals surface area contributed by atoms with Gasteiger partial charge in [-0.2, -0.15) is 4.98 Å². The molecule has 1 atom stereocenters. The Morgan fingerprint density at radius 1 is 1.38 bits per heavy atom. The molecule has 0 aliphatic carbocycles. The van der Waals surface area contributed by atoms with Crippen molar-refractivity contribution < 1.29 is 14.2 Å². The number of hydrogen-bond acceptors (Lipinski definition) is 6. The van der Waals surface area contributed by atoms with Crippen LogP contribution < -0.4 is 0 Å². The molecule has 8 heteroatoms. The van der Waals surface area contributed by atoms with E-state index >= 15 is 0 Å². The first-order valence-corrected chi connectivity index (χ1v) is 6.37. The third kappa shape index (κ3) is 2.47. The molecule has 0 unspecified atom stereocenters. The maximum Gasteiger partial charge on any atom is 0.269 e. The summed E-state index contributed by atoms with van der Waals surface area (Å²) < 4.78 is 5.17. The smallest absolute Gasteiger partial charge is 0.269 e. The topological polar surface area (TPSA) is 102 Å². The molecule has 0 saturated carbocycles. The van der Waals surface area contributed by atoms with Crippen LogP contribution in [0.25, 0.3) is 11.5 Å². The zero-order chi connectivity index (χ0) is 15.0. The lowest BCUT2D eigenvalue weighted by atomic mass is 10.1. The van der Waals surface area contributed by atoms with Gasteiger partial charge >= 0.3 is 0 Å². The van der Waals surface area contributed by atoms with Gasteiger partial charge in [0.15, 0.2) is 5.82 Å². The number of aromatic nitrogens is 2. The fourth-order valence-corrected chi connectivity index (χ4v) is 2.28. The molecule has 1 fully saturated rings. The Bertz CT molecular complexity index is 694. The standard InChI is InChI=1S/C13H12N4O4/c1-16-7-9(6-11(16)18)12-14-13(21-15-12)8-2-4-10(5-3-8)17(19)20/h2-5,9H,6-7H2,1H3/t9-/m0/s1. The van der Waals surface area contributed by atoms with Crippen LogP contribution in [-0.4, -0.2) is 39.5 Å². The summed E-state index contributed by atoms with van der Waals surface area (Å²) in [5.74, 6) is 0.766. The molecule has 8 nitrogen and oxygen atoms in total. The van der Waals surface area contributed by atoms with Gasteiger partial charge in [-0.3, -0.25) is 14.9 Å². The van der Waals surface area contributed by atoms with E-state index in [1.165, 1.54) is 12.1 Å². The van der Waals surface area contributed by atoms with Crippen LogP contribution in [-0.2, 0) is 4.79 Å². The number of non-ortho nitro benzene ring substituents is 1. The van der Waals surface area contributed by atoms with Gasteiger partial charge in [0, 0.05) is 43.6 Å². The van der Waals surface area contributed by atoms with Gasteiger partial charge < -0.3 is 9.42 Å². The Balaban J connectivity index is 1.81. The molecule has 2 heterocycles. The molecule has 1 aromatic heterocycles. The first-order valence-electron chi connectivity index (χ1n) is 6.37. The van der Waals surface area contributed by atoms with E-state index in [2.05, 4.69) is 10.1 Å². The molecule has 0 N–H and O–H groups in total. The molecule has 1 aliphatic rings. The Morgan fingerprint density at radius 2 is 2.10 bits per heavy atom. The summed E-state index contributed by atoms with van der Waals surface area (Å²) in [6, 6.07) is 5.88. The summed E-state index contributed by atoms with van der Waals surface area (Å²) in [6.45, 7) is 0.568. The molecular formula is C13H12N4O4. The molecule has 0 bridgehead atoms. The van der Waals surface area contributed by atoms with Gasteiger partial charge in [-0.1, -0.05) is 5.16 Å². The maximum absolute atomic E-state index is 11.5. The van der Waals surface area contributed by atoms with Gasteiger partial charge in [0.25, 0.3) is 11.6 Å². The summed E-state index contributed by atoms with van der Waals surface area (Å²) in [6.07, 6.45) is 0.371. The van der Waals surface area contributed by atoms with Crippen molar-refractivity contribution in [3.8, 4) is 11.5 Å². The third-order valence-electron chi connectivity index (χ3n) is 3.47. The van der Waals surface area contributed by atoms with Crippen LogP contribution in [0.5, 0.6) is 0 Å². The number of amides is 1. The molecule has 21 heavy (non-hydrogen) atoms. The second-order valence-corrected chi connectivity index (χ2v) is 4.94. The van der Waals surface area contributed by atoms with Crippen molar-refractivity contribution >= 4 is 11.6 Å². The number of likely N-dealkylation sites (N-methyl/N-ethyl adjacent to an activating group) is 1. The average molecular weight is 288 g/mol. The Hall–Kier alpha value is -2.77. The number of benzene rings is 1. The van der Waals surface area contributed by atoms with Crippen LogP contribution in [0.2, 0.25) is 0 Å². The minimum absolute atomic E-state index is 0.00139. The van der Waals surface area contributed by atoms with Crippen molar-refractivity contribution in [2.75, 3.05) is 13.6 Å². The minimum Gasteiger partial charge on any atom is -0.345 e. The van der Waals surface area contributed by atoms with Crippen molar-refractivity contribution in [1.29, 1.82) is 0 Å². The zero-order valence-electron chi connectivity index (χ0n) is 11.2. The summed E-state index contributed by atoms with van der Waals surface area (Å²) in [5.41, 5.74) is 0.610. The molecule has 2 aromatic rings. The van der Waals surface area contributed by atoms with E-state index in [-0.39, 0.29) is 17.5 Å². The van der Waals surface area contributed by atoms with E-state index < -0.39 is 4.92 Å². The first-order chi connectivity index (χ1) is 10.0. The van der Waals surface area contributed by atoms with Crippen molar-refractivity contribution in [1.82, 2.24) is 15.0 Å². The number of nitro benzene ring substituents is 1. The number of carbonyl (C=O) groups excluding carboxylic acids is 1. The average Bonchev–Trinajstić information content (AvgIpc) is 3.07. The number of hydrogen-bond donors (Lipinski definition) is 0. The predicted molar refractivity (Wildman–Crippen MR) is 71.4 cm³/mol. The highest BCUT2D eigenvalue weighted by Crippen LogP contribution is 2.27. The zero-order valence-corrected chi connectivity index (χ0v) is 11.2. The number of nitrogens with zero attached hydrogens (tertiary/aromatic N) is 4. The van der Waals surface area contributed by atoms with Crippen LogP contribution in [0.15, 0.2) is 28.8 Å². The van der Waals surface area contributed by atoms with E-state index in [4.69, 9.17) is 4.52 Å². The number of rotatable bonds is 3. The SMILES string of the molecule is CN1C[C@@H](c2noc(-c3ccc([N+](=O)[O-])cc3)n2)CC1=O. The van der Waals surface area contributed by atoms with E-state index in [1.807, 2.05) is 0 Å². The molecule has 3 rings (SSSR count). The van der Waals surface area contributed by atoms with E-state index in [9.17, 15) is 14.9 Å². The lowest BCUT2D eigenvalue weighted by molar-refractivity contribution is -0.384. The van der Waals surface area contributed by atoms with Gasteiger partial charge in [-0.15, -0.1) is 0 Å². The van der Waals surface area contributed by atoms with Crippen LogP contribution in [0.4, 0.5) is 5.69 Å². The Labute approximate surface area is 119 Å². The Kier molecular flexibility index (Phi) is 3.13. The van der Waals surface area contributed by atoms with Crippen LogP contribution in [0.1, 0.15) is 18.2 Å². The summed E-state index contributed by atoms with van der Waals surface area (Å²) in [5, 5.41) is 14.5. The molecule has 0 radical (unpaired) electrons. The number of nitro groups is 1. The molecule has 108 valence electrons. The molecule has 0 spiro atoms. The van der Waals surface area contributed by atoms with Gasteiger partial charge in [0.2, 0.25) is 5.91 Å². The van der Waals surface area contributed by atoms with Gasteiger partial charge in [-0.25, -0.2) is 0 Å². The largest absolute Gasteiger partial charge is 0.345 e. The van der Waals surface area contributed by atoms with Gasteiger partial charge in [0.05, 0.1) is 4.92 Å². The van der Waals surface area contributed by atoms with Gasteiger partial charge in [-0.05, 0) is 12.1 Å². The van der Waals surface area contributed by atoms with Crippen molar-refractivity contribution in [2.45, 2.75) is 12.3 Å². The summed E-state index contributed by atoms with van der Waals surface area (Å²) >= 11 is 0. The summed E-state index contributed by atoms with van der Waals surface area (Å²) in [7, 11) is 1.74. The quantitative estimate of drug-likeness (QED) is 0.627. The van der Waals surface area contributed by atoms with Gasteiger partial charge in [0.1, 0.15) is 0 Å². The van der Waals surface area contributed by atoms with Crippen molar-refractivity contribution in [3.05, 3.63) is 40.2 Å². The van der Waals surface area contributed by atoms with Crippen LogP contribution >= 0.6 is 0 Å². The molecule has 1 saturated heterocycles. The third-order valence-corrected chi connectivity index (χ3v) is 3.47. The van der Waals surface area contributed by atoms with Crippen LogP contribution in [0, 0.1) is 10.1 Å². The fourth-order valence-electron chi connectivity index (χ4n) is 2.28. The summed E-state index contributed by atoms with van der Waals surface area (Å²) in [4.78, 5) is 27.6. The normalized spacial score (nSPS) is 18.2. The molecular weight excluding hydrogens is 276 g/mol. The number of carbonyl (C=O) groups is 1. The predicted octanol–water partition coefficient (Wildman–Crippen LogP) is 1.59. The van der Waals surface area contributed by atoms with Crippen molar-refractivity contribution in [3.63, 3.8) is 0 Å².